The molecule has 0 aliphatic carbocycles. The largest absolute Gasteiger partial charge is 0.480 e. The van der Waals surface area contributed by atoms with Gasteiger partial charge in [-0.1, -0.05) is 48.5 Å². The van der Waals surface area contributed by atoms with Crippen molar-refractivity contribution in [2.24, 2.45) is 0 Å². The Labute approximate surface area is 149 Å². The Bertz CT molecular complexity index is 722. The topological polar surface area (TPSA) is 29.5 Å². The first-order valence-corrected chi connectivity index (χ1v) is 9.41. The number of rotatable bonds is 4. The standard InChI is InChI=1S/C22H25NO2/c24-22(23-15-7-2-8-16-23)21-19(14-13-17-9-3-1-4-10-17)18-11-5-6-12-20(18)25-21/h1,3-6,9-12,19,21H,2,7-8,13-16H2. The summed E-state index contributed by atoms with van der Waals surface area (Å²) >= 11 is 0. The second-order valence-corrected chi connectivity index (χ2v) is 7.09. The number of fused-ring (bicyclic) bond motifs is 1. The van der Waals surface area contributed by atoms with E-state index in [-0.39, 0.29) is 17.9 Å². The van der Waals surface area contributed by atoms with Gasteiger partial charge in [0.25, 0.3) is 5.91 Å². The molecule has 4 rings (SSSR count). The molecule has 0 spiro atoms. The summed E-state index contributed by atoms with van der Waals surface area (Å²) in [5.41, 5.74) is 2.50. The summed E-state index contributed by atoms with van der Waals surface area (Å²) in [6, 6.07) is 18.7. The molecule has 25 heavy (non-hydrogen) atoms. The molecule has 1 saturated heterocycles. The highest BCUT2D eigenvalue weighted by Crippen LogP contribution is 2.41. The molecular weight excluding hydrogens is 310 g/mol. The number of carbonyl (C=O) groups is 1. The lowest BCUT2D eigenvalue weighted by Crippen LogP contribution is -2.45. The Kier molecular flexibility index (Phi) is 4.73. The number of carbonyl (C=O) groups excluding carboxylic acids is 1. The molecule has 130 valence electrons. The minimum absolute atomic E-state index is 0.144. The summed E-state index contributed by atoms with van der Waals surface area (Å²) in [5.74, 6) is 1.20. The Morgan fingerprint density at radius 2 is 1.68 bits per heavy atom. The van der Waals surface area contributed by atoms with Gasteiger partial charge in [-0.15, -0.1) is 0 Å². The van der Waals surface area contributed by atoms with Crippen LogP contribution in [0.25, 0.3) is 0 Å². The summed E-state index contributed by atoms with van der Waals surface area (Å²) in [4.78, 5) is 15.1. The van der Waals surface area contributed by atoms with Crippen LogP contribution in [0.15, 0.2) is 54.6 Å². The van der Waals surface area contributed by atoms with E-state index >= 15 is 0 Å². The normalized spacial score (nSPS) is 22.3. The Balaban J connectivity index is 1.54. The van der Waals surface area contributed by atoms with Crippen LogP contribution >= 0.6 is 0 Å². The summed E-state index contributed by atoms with van der Waals surface area (Å²) in [7, 11) is 0. The summed E-state index contributed by atoms with van der Waals surface area (Å²) in [6.45, 7) is 1.75. The van der Waals surface area contributed by atoms with Crippen LogP contribution in [0, 0.1) is 0 Å². The molecular formula is C22H25NO2. The molecule has 0 saturated carbocycles. The maximum Gasteiger partial charge on any atom is 0.264 e. The van der Waals surface area contributed by atoms with Crippen LogP contribution in [-0.4, -0.2) is 30.0 Å². The van der Waals surface area contributed by atoms with Crippen LogP contribution in [0.3, 0.4) is 0 Å². The maximum atomic E-state index is 13.1. The van der Waals surface area contributed by atoms with Crippen molar-refractivity contribution in [1.82, 2.24) is 4.90 Å². The molecule has 1 amide bonds. The fourth-order valence-corrected chi connectivity index (χ4v) is 4.07. The van der Waals surface area contributed by atoms with Gasteiger partial charge in [-0.2, -0.15) is 0 Å². The van der Waals surface area contributed by atoms with Gasteiger partial charge >= 0.3 is 0 Å². The third-order valence-electron chi connectivity index (χ3n) is 5.44. The summed E-state index contributed by atoms with van der Waals surface area (Å²) < 4.78 is 6.13. The first-order valence-electron chi connectivity index (χ1n) is 9.41. The highest BCUT2D eigenvalue weighted by molar-refractivity contribution is 5.83. The second kappa shape index (κ2) is 7.30. The number of hydrogen-bond donors (Lipinski definition) is 0. The van der Waals surface area contributed by atoms with Crippen LogP contribution in [-0.2, 0) is 11.2 Å². The quantitative estimate of drug-likeness (QED) is 0.839. The third-order valence-corrected chi connectivity index (χ3v) is 5.44. The zero-order valence-corrected chi connectivity index (χ0v) is 14.6. The van der Waals surface area contributed by atoms with E-state index in [9.17, 15) is 4.79 Å². The van der Waals surface area contributed by atoms with Gasteiger partial charge in [0.2, 0.25) is 0 Å². The van der Waals surface area contributed by atoms with Gasteiger partial charge in [-0.25, -0.2) is 0 Å². The van der Waals surface area contributed by atoms with E-state index in [0.29, 0.717) is 0 Å². The summed E-state index contributed by atoms with van der Waals surface area (Å²) in [6.07, 6.45) is 4.99. The zero-order chi connectivity index (χ0) is 17.1. The molecule has 1 fully saturated rings. The van der Waals surface area contributed by atoms with Gasteiger partial charge in [0.05, 0.1) is 0 Å². The molecule has 0 radical (unpaired) electrons. The monoisotopic (exact) mass is 335 g/mol. The van der Waals surface area contributed by atoms with E-state index in [1.165, 1.54) is 17.5 Å². The molecule has 3 nitrogen and oxygen atoms in total. The number of hydrogen-bond acceptors (Lipinski definition) is 2. The zero-order valence-electron chi connectivity index (χ0n) is 14.6. The Hall–Kier alpha value is -2.29. The van der Waals surface area contributed by atoms with Crippen molar-refractivity contribution < 1.29 is 9.53 Å². The third kappa shape index (κ3) is 3.41. The van der Waals surface area contributed by atoms with Crippen LogP contribution in [0.5, 0.6) is 5.75 Å². The number of piperidine rings is 1. The van der Waals surface area contributed by atoms with Gasteiger partial charge < -0.3 is 9.64 Å². The number of ether oxygens (including phenoxy) is 1. The minimum Gasteiger partial charge on any atom is -0.480 e. The number of likely N-dealkylation sites (tertiary alicyclic amines) is 1. The van der Waals surface area contributed by atoms with Gasteiger partial charge in [-0.05, 0) is 43.7 Å². The molecule has 2 atom stereocenters. The van der Waals surface area contributed by atoms with Crippen molar-refractivity contribution in [3.8, 4) is 5.75 Å². The molecule has 3 heteroatoms. The van der Waals surface area contributed by atoms with Gasteiger partial charge in [0, 0.05) is 24.6 Å². The molecule has 0 aromatic heterocycles. The van der Waals surface area contributed by atoms with Gasteiger partial charge in [0.15, 0.2) is 6.10 Å². The van der Waals surface area contributed by atoms with Crippen molar-refractivity contribution in [3.63, 3.8) is 0 Å². The molecule has 0 bridgehead atoms. The number of nitrogens with zero attached hydrogens (tertiary/aromatic N) is 1. The van der Waals surface area contributed by atoms with E-state index < -0.39 is 0 Å². The first-order chi connectivity index (χ1) is 12.3. The van der Waals surface area contributed by atoms with Gasteiger partial charge in [-0.3, -0.25) is 4.79 Å². The Morgan fingerprint density at radius 3 is 2.48 bits per heavy atom. The Morgan fingerprint density at radius 1 is 0.960 bits per heavy atom. The first kappa shape index (κ1) is 16.2. The number of benzene rings is 2. The molecule has 2 aliphatic heterocycles. The molecule has 2 heterocycles. The molecule has 2 aromatic carbocycles. The van der Waals surface area contributed by atoms with Crippen LogP contribution in [0.2, 0.25) is 0 Å². The number of aryl methyl sites for hydroxylation is 1. The SMILES string of the molecule is O=C(C1Oc2ccccc2C1CCc1ccccc1)N1CCCCC1. The highest BCUT2D eigenvalue weighted by atomic mass is 16.5. The lowest BCUT2D eigenvalue weighted by atomic mass is 9.88. The second-order valence-electron chi connectivity index (χ2n) is 7.09. The maximum absolute atomic E-state index is 13.1. The number of amides is 1. The van der Waals surface area contributed by atoms with Crippen LogP contribution < -0.4 is 4.74 Å². The van der Waals surface area contributed by atoms with Crippen molar-refractivity contribution >= 4 is 5.91 Å². The van der Waals surface area contributed by atoms with E-state index in [1.54, 1.807) is 0 Å². The smallest absolute Gasteiger partial charge is 0.264 e. The van der Waals surface area contributed by atoms with Crippen LogP contribution in [0.1, 0.15) is 42.7 Å². The van der Waals surface area contributed by atoms with Crippen molar-refractivity contribution in [2.75, 3.05) is 13.1 Å². The van der Waals surface area contributed by atoms with Crippen molar-refractivity contribution in [2.45, 2.75) is 44.1 Å². The molecule has 2 unspecified atom stereocenters. The average molecular weight is 335 g/mol. The van der Waals surface area contributed by atoms with E-state index in [0.717, 1.165) is 44.5 Å². The van der Waals surface area contributed by atoms with E-state index in [2.05, 4.69) is 30.3 Å². The highest BCUT2D eigenvalue weighted by Gasteiger charge is 2.40. The fraction of sp³-hybridized carbons (Fsp3) is 0.409. The van der Waals surface area contributed by atoms with Crippen molar-refractivity contribution in [1.29, 1.82) is 0 Å². The van der Waals surface area contributed by atoms with Crippen LogP contribution in [0.4, 0.5) is 0 Å². The predicted octanol–water partition coefficient (Wildman–Crippen LogP) is 4.18. The molecule has 0 N–H and O–H groups in total. The molecule has 2 aromatic rings. The molecule has 2 aliphatic rings. The lowest BCUT2D eigenvalue weighted by Gasteiger charge is -2.30. The van der Waals surface area contributed by atoms with E-state index in [4.69, 9.17) is 4.74 Å². The predicted molar refractivity (Wildman–Crippen MR) is 98.8 cm³/mol. The fourth-order valence-electron chi connectivity index (χ4n) is 4.07. The van der Waals surface area contributed by atoms with Crippen molar-refractivity contribution in [3.05, 3.63) is 65.7 Å². The van der Waals surface area contributed by atoms with E-state index in [1.807, 2.05) is 29.2 Å². The number of para-hydroxylation sites is 1. The minimum atomic E-state index is -0.362. The van der Waals surface area contributed by atoms with Gasteiger partial charge in [0.1, 0.15) is 5.75 Å². The lowest BCUT2D eigenvalue weighted by molar-refractivity contribution is -0.139. The average Bonchev–Trinajstić information content (AvgIpc) is 3.06. The summed E-state index contributed by atoms with van der Waals surface area (Å²) in [5, 5.41) is 0.